The minimum absolute atomic E-state index is 0.561. The van der Waals surface area contributed by atoms with Gasteiger partial charge in [0.15, 0.2) is 11.6 Å². The number of aromatic nitrogens is 5. The summed E-state index contributed by atoms with van der Waals surface area (Å²) in [5.41, 5.74) is 11.9. The SMILES string of the molecule is c1ccc(-c2ccc(-c3nc(-c4ccc(-c5ccccc5)cc4)nc(-n4c5ccccc5c5cc6c(cc54)c4ccccc4n6-c4cccc5c6ccccc6c6ccccc6c45)n3)cc2)cc1. The molecule has 0 aliphatic carbocycles. The average Bonchev–Trinajstić information content (AvgIpc) is 3.92. The van der Waals surface area contributed by atoms with Crippen LogP contribution in [-0.4, -0.2) is 24.1 Å². The Hall–Kier alpha value is -9.19. The van der Waals surface area contributed by atoms with Crippen LogP contribution < -0.4 is 0 Å². The van der Waals surface area contributed by atoms with Gasteiger partial charge in [-0.25, -0.2) is 4.98 Å². The molecule has 14 rings (SSSR count). The summed E-state index contributed by atoms with van der Waals surface area (Å²) in [6, 6.07) is 84.6. The van der Waals surface area contributed by atoms with Gasteiger partial charge in [0.2, 0.25) is 5.95 Å². The highest BCUT2D eigenvalue weighted by atomic mass is 15.2. The molecule has 14 aromatic rings. The van der Waals surface area contributed by atoms with Crippen molar-refractivity contribution >= 4 is 75.9 Å². The molecule has 3 aromatic heterocycles. The van der Waals surface area contributed by atoms with Crippen LogP contribution in [0.3, 0.4) is 0 Å². The molecule has 0 saturated carbocycles. The molecule has 0 spiro atoms. The van der Waals surface area contributed by atoms with Gasteiger partial charge < -0.3 is 4.57 Å². The molecule has 0 bridgehead atoms. The molecule has 316 valence electrons. The smallest absolute Gasteiger partial charge is 0.238 e. The van der Waals surface area contributed by atoms with E-state index in [1.165, 1.54) is 37.7 Å². The lowest BCUT2D eigenvalue weighted by Gasteiger charge is -2.16. The Kier molecular flexibility index (Phi) is 8.52. The summed E-state index contributed by atoms with van der Waals surface area (Å²) < 4.78 is 4.72. The monoisotopic (exact) mass is 865 g/mol. The van der Waals surface area contributed by atoms with Crippen molar-refractivity contribution in [3.8, 4) is 56.7 Å². The average molecular weight is 866 g/mol. The Balaban J connectivity index is 1.02. The Bertz CT molecular complexity index is 4140. The molecule has 5 heteroatoms. The Morgan fingerprint density at radius 3 is 1.12 bits per heavy atom. The fourth-order valence-corrected chi connectivity index (χ4v) is 10.6. The summed E-state index contributed by atoms with van der Waals surface area (Å²) in [5, 5.41) is 12.1. The van der Waals surface area contributed by atoms with Gasteiger partial charge in [-0.15, -0.1) is 0 Å². The first kappa shape index (κ1) is 38.1. The van der Waals surface area contributed by atoms with Crippen molar-refractivity contribution in [1.29, 1.82) is 0 Å². The topological polar surface area (TPSA) is 48.5 Å². The number of fused-ring (bicyclic) bond motifs is 12. The molecule has 0 unspecified atom stereocenters. The van der Waals surface area contributed by atoms with Gasteiger partial charge in [-0.05, 0) is 79.5 Å². The van der Waals surface area contributed by atoms with Crippen molar-refractivity contribution in [1.82, 2.24) is 24.1 Å². The highest BCUT2D eigenvalue weighted by Gasteiger charge is 2.23. The first-order valence-electron chi connectivity index (χ1n) is 23.1. The van der Waals surface area contributed by atoms with Crippen LogP contribution in [-0.2, 0) is 0 Å². The second kappa shape index (κ2) is 15.2. The van der Waals surface area contributed by atoms with Crippen molar-refractivity contribution in [3.63, 3.8) is 0 Å². The molecule has 0 amide bonds. The largest absolute Gasteiger partial charge is 0.309 e. The number of para-hydroxylation sites is 2. The van der Waals surface area contributed by atoms with Gasteiger partial charge in [0.1, 0.15) is 0 Å². The lowest BCUT2D eigenvalue weighted by molar-refractivity contribution is 0.954. The van der Waals surface area contributed by atoms with Crippen LogP contribution in [0.4, 0.5) is 0 Å². The minimum Gasteiger partial charge on any atom is -0.309 e. The standard InChI is InChI=1S/C63H39N5/c1-3-16-40(17-4-1)42-30-34-44(35-31-42)61-64-62(45-36-32-43(33-37-45)41-18-5-2-6-19-41)66-63(65-61)68-56-28-14-12-24-50(56)54-38-58-53(39-59(54)68)49-23-11-13-27-55(49)67(58)57-29-15-26-52-48-21-8-7-20-46(48)47-22-9-10-25-51(47)60(52)57/h1-39H. The number of nitrogens with zero attached hydrogens (tertiary/aromatic N) is 5. The number of hydrogen-bond acceptors (Lipinski definition) is 3. The number of hydrogen-bond donors (Lipinski definition) is 0. The van der Waals surface area contributed by atoms with Gasteiger partial charge in [0.25, 0.3) is 0 Å². The summed E-state index contributed by atoms with van der Waals surface area (Å²) in [6.07, 6.45) is 0. The second-order valence-electron chi connectivity index (χ2n) is 17.6. The van der Waals surface area contributed by atoms with Gasteiger partial charge in [0, 0.05) is 38.1 Å². The van der Waals surface area contributed by atoms with Gasteiger partial charge in [-0.3, -0.25) is 4.57 Å². The van der Waals surface area contributed by atoms with E-state index < -0.39 is 0 Å². The van der Waals surface area contributed by atoms with E-state index in [1.807, 2.05) is 12.1 Å². The van der Waals surface area contributed by atoms with Gasteiger partial charge >= 0.3 is 0 Å². The highest BCUT2D eigenvalue weighted by molar-refractivity contribution is 6.28. The first-order valence-corrected chi connectivity index (χ1v) is 23.1. The van der Waals surface area contributed by atoms with Gasteiger partial charge in [-0.2, -0.15) is 9.97 Å². The zero-order valence-electron chi connectivity index (χ0n) is 36.8. The maximum atomic E-state index is 5.36. The fourth-order valence-electron chi connectivity index (χ4n) is 10.6. The quantitative estimate of drug-likeness (QED) is 0.156. The predicted molar refractivity (Wildman–Crippen MR) is 283 cm³/mol. The van der Waals surface area contributed by atoms with Gasteiger partial charge in [0.05, 0.1) is 27.8 Å². The normalized spacial score (nSPS) is 11.8. The van der Waals surface area contributed by atoms with Crippen molar-refractivity contribution in [2.24, 2.45) is 0 Å². The van der Waals surface area contributed by atoms with E-state index in [0.717, 1.165) is 77.3 Å². The lowest BCUT2D eigenvalue weighted by Crippen LogP contribution is -2.06. The van der Waals surface area contributed by atoms with E-state index in [0.29, 0.717) is 17.6 Å². The van der Waals surface area contributed by atoms with E-state index >= 15 is 0 Å². The summed E-state index contributed by atoms with van der Waals surface area (Å²) in [5.74, 6) is 1.78. The summed E-state index contributed by atoms with van der Waals surface area (Å²) in [7, 11) is 0. The molecule has 11 aromatic carbocycles. The third-order valence-corrected chi connectivity index (χ3v) is 13.8. The van der Waals surface area contributed by atoms with Crippen LogP contribution in [0, 0.1) is 0 Å². The van der Waals surface area contributed by atoms with E-state index in [-0.39, 0.29) is 0 Å². The molecule has 0 N–H and O–H groups in total. The molecule has 0 radical (unpaired) electrons. The Morgan fingerprint density at radius 2 is 0.603 bits per heavy atom. The summed E-state index contributed by atoms with van der Waals surface area (Å²) >= 11 is 0. The van der Waals surface area contributed by atoms with Crippen LogP contribution >= 0.6 is 0 Å². The van der Waals surface area contributed by atoms with E-state index in [9.17, 15) is 0 Å². The maximum absolute atomic E-state index is 5.36. The molecule has 0 fully saturated rings. The van der Waals surface area contributed by atoms with Crippen molar-refractivity contribution < 1.29 is 0 Å². The highest BCUT2D eigenvalue weighted by Crippen LogP contribution is 2.43. The summed E-state index contributed by atoms with van der Waals surface area (Å²) in [6.45, 7) is 0. The van der Waals surface area contributed by atoms with Crippen molar-refractivity contribution in [3.05, 3.63) is 237 Å². The Morgan fingerprint density at radius 1 is 0.235 bits per heavy atom. The Labute approximate surface area is 391 Å². The molecule has 68 heavy (non-hydrogen) atoms. The number of benzene rings is 11. The third-order valence-electron chi connectivity index (χ3n) is 13.8. The van der Waals surface area contributed by atoms with Crippen LogP contribution in [0.2, 0.25) is 0 Å². The van der Waals surface area contributed by atoms with Gasteiger partial charge in [-0.1, -0.05) is 206 Å². The van der Waals surface area contributed by atoms with E-state index in [1.54, 1.807) is 0 Å². The summed E-state index contributed by atoms with van der Waals surface area (Å²) in [4.78, 5) is 15.9. The predicted octanol–water partition coefficient (Wildman–Crippen LogP) is 16.2. The number of rotatable bonds is 6. The molecule has 3 heterocycles. The van der Waals surface area contributed by atoms with Crippen LogP contribution in [0.5, 0.6) is 0 Å². The zero-order chi connectivity index (χ0) is 44.7. The third kappa shape index (κ3) is 5.93. The molecule has 0 saturated heterocycles. The van der Waals surface area contributed by atoms with Crippen molar-refractivity contribution in [2.45, 2.75) is 0 Å². The first-order chi connectivity index (χ1) is 33.7. The van der Waals surface area contributed by atoms with Crippen molar-refractivity contribution in [2.75, 3.05) is 0 Å². The zero-order valence-corrected chi connectivity index (χ0v) is 36.8. The second-order valence-corrected chi connectivity index (χ2v) is 17.6. The van der Waals surface area contributed by atoms with Crippen LogP contribution in [0.25, 0.3) is 133 Å². The molecular formula is C63H39N5. The van der Waals surface area contributed by atoms with E-state index in [4.69, 9.17) is 15.0 Å². The fraction of sp³-hybridized carbons (Fsp3) is 0. The molecule has 0 aliphatic rings. The maximum Gasteiger partial charge on any atom is 0.238 e. The van der Waals surface area contributed by atoms with E-state index in [2.05, 4.69) is 234 Å². The molecule has 0 aliphatic heterocycles. The molecule has 5 nitrogen and oxygen atoms in total. The molecular weight excluding hydrogens is 827 g/mol. The van der Waals surface area contributed by atoms with Crippen LogP contribution in [0.1, 0.15) is 0 Å². The van der Waals surface area contributed by atoms with Crippen LogP contribution in [0.15, 0.2) is 237 Å². The lowest BCUT2D eigenvalue weighted by atomic mass is 9.93. The minimum atomic E-state index is 0.561. The molecule has 0 atom stereocenters.